The third-order valence-corrected chi connectivity index (χ3v) is 4.65. The Morgan fingerprint density at radius 2 is 2.08 bits per heavy atom. The van der Waals surface area contributed by atoms with Crippen LogP contribution in [0, 0.1) is 0 Å². The van der Waals surface area contributed by atoms with Crippen molar-refractivity contribution in [3.63, 3.8) is 0 Å². The van der Waals surface area contributed by atoms with E-state index in [1.807, 2.05) is 24.3 Å². The van der Waals surface area contributed by atoms with Gasteiger partial charge < -0.3 is 16.0 Å². The highest BCUT2D eigenvalue weighted by Gasteiger charge is 2.08. The Bertz CT molecular complexity index is 703. The molecule has 0 radical (unpaired) electrons. The van der Waals surface area contributed by atoms with Crippen molar-refractivity contribution in [1.82, 2.24) is 10.6 Å². The Balaban J connectivity index is 0.00000338. The zero-order valence-corrected chi connectivity index (χ0v) is 18.6. The second kappa shape index (κ2) is 11.9. The average molecular weight is 486 g/mol. The number of amides is 1. The highest BCUT2D eigenvalue weighted by atomic mass is 127. The van der Waals surface area contributed by atoms with E-state index >= 15 is 0 Å². The molecule has 1 amide bonds. The molecule has 0 aliphatic carbocycles. The Morgan fingerprint density at radius 3 is 2.73 bits per heavy atom. The van der Waals surface area contributed by atoms with Crippen LogP contribution < -0.4 is 16.0 Å². The van der Waals surface area contributed by atoms with E-state index in [1.54, 1.807) is 18.4 Å². The van der Waals surface area contributed by atoms with E-state index in [9.17, 15) is 4.79 Å². The summed E-state index contributed by atoms with van der Waals surface area (Å²) in [5.41, 5.74) is 3.33. The second-order valence-electron chi connectivity index (χ2n) is 5.87. The van der Waals surface area contributed by atoms with Gasteiger partial charge in [0, 0.05) is 19.3 Å². The van der Waals surface area contributed by atoms with Gasteiger partial charge in [0.1, 0.15) is 0 Å². The number of carbonyl (C=O) groups is 1. The molecule has 7 heteroatoms. The van der Waals surface area contributed by atoms with Crippen molar-refractivity contribution in [3.05, 3.63) is 52.2 Å². The summed E-state index contributed by atoms with van der Waals surface area (Å²) in [7, 11) is 1.70. The van der Waals surface area contributed by atoms with Gasteiger partial charge in [-0.05, 0) is 52.4 Å². The van der Waals surface area contributed by atoms with Crippen molar-refractivity contribution in [3.8, 4) is 0 Å². The number of rotatable bonds is 7. The summed E-state index contributed by atoms with van der Waals surface area (Å²) in [6.45, 7) is 5.18. The van der Waals surface area contributed by atoms with Gasteiger partial charge in [-0.25, -0.2) is 0 Å². The molecule has 0 saturated heterocycles. The van der Waals surface area contributed by atoms with Crippen molar-refractivity contribution < 1.29 is 4.79 Å². The zero-order valence-electron chi connectivity index (χ0n) is 15.4. The summed E-state index contributed by atoms with van der Waals surface area (Å²) in [6, 6.07) is 10.0. The molecule has 1 unspecified atom stereocenters. The first-order valence-electron chi connectivity index (χ1n) is 8.47. The third kappa shape index (κ3) is 7.33. The fourth-order valence-electron chi connectivity index (χ4n) is 2.38. The molecule has 0 spiro atoms. The summed E-state index contributed by atoms with van der Waals surface area (Å²) in [6.07, 6.45) is 0.945. The van der Waals surface area contributed by atoms with E-state index in [-0.39, 0.29) is 36.4 Å². The molecule has 1 heterocycles. The Hall–Kier alpha value is -1.61. The lowest BCUT2D eigenvalue weighted by Gasteiger charge is -2.15. The van der Waals surface area contributed by atoms with Gasteiger partial charge in [0.25, 0.3) is 0 Å². The number of aliphatic imine (C=N–C) groups is 1. The smallest absolute Gasteiger partial charge is 0.243 e. The predicted octanol–water partition coefficient (Wildman–Crippen LogP) is 3.84. The van der Waals surface area contributed by atoms with Crippen LogP contribution >= 0.6 is 35.3 Å². The average Bonchev–Trinajstić information content (AvgIpc) is 3.16. The normalized spacial score (nSPS) is 12.0. The quantitative estimate of drug-likeness (QED) is 0.317. The predicted molar refractivity (Wildman–Crippen MR) is 122 cm³/mol. The standard InChI is InChI=1S/C19H26N4OS.HI/c1-4-15-6-5-7-17(10-15)23-18(24)12-22-19(20-3)21-11-14(2)16-8-9-25-13-16;/h5-10,13-14H,4,11-12H2,1-3H3,(H,23,24)(H2,20,21,22);1H. The molecule has 2 rings (SSSR count). The largest absolute Gasteiger partial charge is 0.356 e. The summed E-state index contributed by atoms with van der Waals surface area (Å²) < 4.78 is 0. The number of carbonyl (C=O) groups excluding carboxylic acids is 1. The Labute approximate surface area is 176 Å². The number of benzene rings is 1. The topological polar surface area (TPSA) is 65.5 Å². The van der Waals surface area contributed by atoms with E-state index < -0.39 is 0 Å². The number of hydrogen-bond acceptors (Lipinski definition) is 3. The molecule has 0 aliphatic rings. The molecule has 0 saturated carbocycles. The molecular formula is C19H27IN4OS. The van der Waals surface area contributed by atoms with Crippen LogP contribution in [0.4, 0.5) is 5.69 Å². The SMILES string of the molecule is CCc1cccc(NC(=O)CNC(=NC)NCC(C)c2ccsc2)c1.I. The minimum absolute atomic E-state index is 0. The monoisotopic (exact) mass is 486 g/mol. The number of nitrogens with one attached hydrogen (secondary N) is 3. The van der Waals surface area contributed by atoms with Gasteiger partial charge >= 0.3 is 0 Å². The van der Waals surface area contributed by atoms with Crippen molar-refractivity contribution in [2.75, 3.05) is 25.5 Å². The van der Waals surface area contributed by atoms with E-state index in [2.05, 4.69) is 51.6 Å². The first-order chi connectivity index (χ1) is 12.1. The van der Waals surface area contributed by atoms with Crippen LogP contribution in [0.1, 0.15) is 30.9 Å². The first kappa shape index (κ1) is 22.4. The molecule has 1 atom stereocenters. The van der Waals surface area contributed by atoms with Crippen molar-refractivity contribution in [2.24, 2.45) is 4.99 Å². The molecule has 0 aliphatic heterocycles. The van der Waals surface area contributed by atoms with Gasteiger partial charge in [-0.1, -0.05) is 26.0 Å². The zero-order chi connectivity index (χ0) is 18.1. The summed E-state index contributed by atoms with van der Waals surface area (Å²) in [4.78, 5) is 16.3. The van der Waals surface area contributed by atoms with Crippen LogP contribution in [-0.2, 0) is 11.2 Å². The van der Waals surface area contributed by atoms with E-state index in [4.69, 9.17) is 0 Å². The van der Waals surface area contributed by atoms with Gasteiger partial charge in [-0.2, -0.15) is 11.3 Å². The molecule has 5 nitrogen and oxygen atoms in total. The summed E-state index contributed by atoms with van der Waals surface area (Å²) in [5.74, 6) is 0.914. The lowest BCUT2D eigenvalue weighted by molar-refractivity contribution is -0.115. The number of nitrogens with zero attached hydrogens (tertiary/aromatic N) is 1. The molecular weight excluding hydrogens is 459 g/mol. The molecule has 0 fully saturated rings. The van der Waals surface area contributed by atoms with Gasteiger partial charge in [-0.3, -0.25) is 9.79 Å². The van der Waals surface area contributed by atoms with Gasteiger partial charge in [-0.15, -0.1) is 24.0 Å². The molecule has 0 bridgehead atoms. The number of thiophene rings is 1. The van der Waals surface area contributed by atoms with Crippen molar-refractivity contribution in [1.29, 1.82) is 0 Å². The number of guanidine groups is 1. The number of hydrogen-bond donors (Lipinski definition) is 3. The number of aryl methyl sites for hydroxylation is 1. The number of halogens is 1. The van der Waals surface area contributed by atoms with Crippen molar-refractivity contribution in [2.45, 2.75) is 26.2 Å². The van der Waals surface area contributed by atoms with Crippen LogP contribution in [-0.4, -0.2) is 32.0 Å². The highest BCUT2D eigenvalue weighted by Crippen LogP contribution is 2.17. The van der Waals surface area contributed by atoms with Crippen LogP contribution in [0.25, 0.3) is 0 Å². The highest BCUT2D eigenvalue weighted by molar-refractivity contribution is 14.0. The van der Waals surface area contributed by atoms with Crippen LogP contribution in [0.15, 0.2) is 46.1 Å². The minimum Gasteiger partial charge on any atom is -0.356 e. The molecule has 1 aromatic heterocycles. The lowest BCUT2D eigenvalue weighted by atomic mass is 10.1. The Kier molecular flexibility index (Phi) is 10.3. The van der Waals surface area contributed by atoms with E-state index in [0.29, 0.717) is 11.9 Å². The second-order valence-corrected chi connectivity index (χ2v) is 6.65. The maximum absolute atomic E-state index is 12.1. The first-order valence-corrected chi connectivity index (χ1v) is 9.42. The number of anilines is 1. The van der Waals surface area contributed by atoms with E-state index in [1.165, 1.54) is 11.1 Å². The fraction of sp³-hybridized carbons (Fsp3) is 0.368. The summed E-state index contributed by atoms with van der Waals surface area (Å²) >= 11 is 1.70. The molecule has 3 N–H and O–H groups in total. The molecule has 2 aromatic rings. The van der Waals surface area contributed by atoms with Gasteiger partial charge in [0.15, 0.2) is 5.96 Å². The van der Waals surface area contributed by atoms with Crippen LogP contribution in [0.2, 0.25) is 0 Å². The lowest BCUT2D eigenvalue weighted by Crippen LogP contribution is -2.42. The van der Waals surface area contributed by atoms with Gasteiger partial charge in [0.2, 0.25) is 5.91 Å². The Morgan fingerprint density at radius 1 is 1.27 bits per heavy atom. The molecule has 142 valence electrons. The minimum atomic E-state index is -0.0953. The third-order valence-electron chi connectivity index (χ3n) is 3.95. The molecule has 26 heavy (non-hydrogen) atoms. The fourth-order valence-corrected chi connectivity index (χ4v) is 3.16. The summed E-state index contributed by atoms with van der Waals surface area (Å²) in [5, 5.41) is 13.4. The maximum Gasteiger partial charge on any atom is 0.243 e. The van der Waals surface area contributed by atoms with Gasteiger partial charge in [0.05, 0.1) is 6.54 Å². The maximum atomic E-state index is 12.1. The molecule has 1 aromatic carbocycles. The van der Waals surface area contributed by atoms with Crippen LogP contribution in [0.3, 0.4) is 0 Å². The van der Waals surface area contributed by atoms with Crippen LogP contribution in [0.5, 0.6) is 0 Å². The van der Waals surface area contributed by atoms with E-state index in [0.717, 1.165) is 18.7 Å². The van der Waals surface area contributed by atoms with Crippen molar-refractivity contribution >= 4 is 52.9 Å².